The topological polar surface area (TPSA) is 74.8 Å². The van der Waals surface area contributed by atoms with Crippen molar-refractivity contribution in [2.24, 2.45) is 0 Å². The summed E-state index contributed by atoms with van der Waals surface area (Å²) in [5.74, 6) is 0.251. The molecule has 0 saturated carbocycles. The Hall–Kier alpha value is -2.31. The van der Waals surface area contributed by atoms with Crippen LogP contribution in [0.5, 0.6) is 5.88 Å². The first-order chi connectivity index (χ1) is 10.1. The van der Waals surface area contributed by atoms with Crippen molar-refractivity contribution in [3.63, 3.8) is 0 Å². The lowest BCUT2D eigenvalue weighted by atomic mass is 10.1. The van der Waals surface area contributed by atoms with Crippen LogP contribution in [-0.4, -0.2) is 66.1 Å². The summed E-state index contributed by atoms with van der Waals surface area (Å²) in [4.78, 5) is 32.0. The largest absolute Gasteiger partial charge is 0.480 e. The Kier molecular flexibility index (Phi) is 3.40. The Balaban J connectivity index is 1.79. The SMILES string of the molecule is COc1nc(C)ccc1C(=O)N1CCN2C(=O)NCC2C1. The Morgan fingerprint density at radius 1 is 1.43 bits per heavy atom. The molecule has 0 aromatic carbocycles. The molecule has 0 radical (unpaired) electrons. The summed E-state index contributed by atoms with van der Waals surface area (Å²) < 4.78 is 5.21. The van der Waals surface area contributed by atoms with Crippen LogP contribution in [-0.2, 0) is 0 Å². The van der Waals surface area contributed by atoms with E-state index < -0.39 is 0 Å². The zero-order chi connectivity index (χ0) is 15.0. The van der Waals surface area contributed by atoms with E-state index in [2.05, 4.69) is 10.3 Å². The number of rotatable bonds is 2. The molecule has 3 heterocycles. The molecule has 2 saturated heterocycles. The number of amides is 3. The van der Waals surface area contributed by atoms with E-state index in [-0.39, 0.29) is 18.0 Å². The van der Waals surface area contributed by atoms with Crippen LogP contribution in [0.25, 0.3) is 0 Å². The maximum Gasteiger partial charge on any atom is 0.317 e. The first kappa shape index (κ1) is 13.7. The molecule has 2 aliphatic heterocycles. The molecule has 1 aromatic rings. The Labute approximate surface area is 122 Å². The zero-order valence-corrected chi connectivity index (χ0v) is 12.1. The minimum atomic E-state index is -0.0988. The molecule has 3 rings (SSSR count). The van der Waals surface area contributed by atoms with E-state index in [1.165, 1.54) is 7.11 Å². The number of ether oxygens (including phenoxy) is 1. The van der Waals surface area contributed by atoms with Crippen LogP contribution in [0.2, 0.25) is 0 Å². The van der Waals surface area contributed by atoms with Crippen molar-refractivity contribution in [1.29, 1.82) is 0 Å². The van der Waals surface area contributed by atoms with E-state index in [1.807, 2.05) is 6.92 Å². The van der Waals surface area contributed by atoms with Gasteiger partial charge < -0.3 is 19.9 Å². The lowest BCUT2D eigenvalue weighted by molar-refractivity contribution is 0.0613. The van der Waals surface area contributed by atoms with Crippen LogP contribution in [0.3, 0.4) is 0 Å². The highest BCUT2D eigenvalue weighted by atomic mass is 16.5. The van der Waals surface area contributed by atoms with Crippen molar-refractivity contribution in [3.05, 3.63) is 23.4 Å². The van der Waals surface area contributed by atoms with E-state index >= 15 is 0 Å². The van der Waals surface area contributed by atoms with Gasteiger partial charge in [-0.25, -0.2) is 9.78 Å². The molecule has 2 aliphatic rings. The number of nitrogens with zero attached hydrogens (tertiary/aromatic N) is 3. The van der Waals surface area contributed by atoms with Crippen molar-refractivity contribution < 1.29 is 14.3 Å². The molecular weight excluding hydrogens is 272 g/mol. The second-order valence-electron chi connectivity index (χ2n) is 5.29. The van der Waals surface area contributed by atoms with Crippen LogP contribution < -0.4 is 10.1 Å². The smallest absolute Gasteiger partial charge is 0.317 e. The number of hydrogen-bond donors (Lipinski definition) is 1. The fraction of sp³-hybridized carbons (Fsp3) is 0.500. The number of methoxy groups -OCH3 is 1. The summed E-state index contributed by atoms with van der Waals surface area (Å²) >= 11 is 0. The average Bonchev–Trinajstić information content (AvgIpc) is 2.87. The predicted molar refractivity (Wildman–Crippen MR) is 75.3 cm³/mol. The van der Waals surface area contributed by atoms with Gasteiger partial charge in [0.25, 0.3) is 5.91 Å². The molecule has 3 amide bonds. The fourth-order valence-corrected chi connectivity index (χ4v) is 2.81. The van der Waals surface area contributed by atoms with Crippen molar-refractivity contribution in [2.45, 2.75) is 13.0 Å². The maximum atomic E-state index is 12.6. The Bertz CT molecular complexity index is 590. The number of aryl methyl sites for hydroxylation is 1. The highest BCUT2D eigenvalue weighted by Gasteiger charge is 2.37. The monoisotopic (exact) mass is 290 g/mol. The van der Waals surface area contributed by atoms with Crippen molar-refractivity contribution >= 4 is 11.9 Å². The number of carbonyl (C=O) groups is 2. The lowest BCUT2D eigenvalue weighted by Crippen LogP contribution is -2.53. The average molecular weight is 290 g/mol. The molecule has 1 atom stereocenters. The maximum absolute atomic E-state index is 12.6. The van der Waals surface area contributed by atoms with Gasteiger partial charge in [-0.15, -0.1) is 0 Å². The molecule has 7 heteroatoms. The van der Waals surface area contributed by atoms with Crippen molar-refractivity contribution in [1.82, 2.24) is 20.1 Å². The number of pyridine rings is 1. The Morgan fingerprint density at radius 3 is 3.00 bits per heavy atom. The molecule has 0 bridgehead atoms. The van der Waals surface area contributed by atoms with Crippen LogP contribution >= 0.6 is 0 Å². The second kappa shape index (κ2) is 5.23. The third-order valence-electron chi connectivity index (χ3n) is 3.94. The summed E-state index contributed by atoms with van der Waals surface area (Å²) in [5.41, 5.74) is 1.27. The summed E-state index contributed by atoms with van der Waals surface area (Å²) in [6.07, 6.45) is 0. The normalized spacial score (nSPS) is 21.0. The molecule has 1 N–H and O–H groups in total. The van der Waals surface area contributed by atoms with Crippen molar-refractivity contribution in [3.8, 4) is 5.88 Å². The quantitative estimate of drug-likeness (QED) is 0.847. The van der Waals surface area contributed by atoms with E-state index in [0.717, 1.165) is 5.69 Å². The van der Waals surface area contributed by atoms with Crippen LogP contribution in [0.1, 0.15) is 16.1 Å². The second-order valence-corrected chi connectivity index (χ2v) is 5.29. The van der Waals surface area contributed by atoms with Gasteiger partial charge in [-0.1, -0.05) is 0 Å². The van der Waals surface area contributed by atoms with E-state index in [1.54, 1.807) is 21.9 Å². The minimum Gasteiger partial charge on any atom is -0.480 e. The molecule has 0 spiro atoms. The third kappa shape index (κ3) is 2.39. The van der Waals surface area contributed by atoms with Gasteiger partial charge >= 0.3 is 6.03 Å². The van der Waals surface area contributed by atoms with Crippen LogP contribution in [0, 0.1) is 6.92 Å². The third-order valence-corrected chi connectivity index (χ3v) is 3.94. The number of nitrogens with one attached hydrogen (secondary N) is 1. The first-order valence-electron chi connectivity index (χ1n) is 6.95. The summed E-state index contributed by atoms with van der Waals surface area (Å²) in [5, 5.41) is 2.80. The number of hydrogen-bond acceptors (Lipinski definition) is 4. The molecule has 1 unspecified atom stereocenters. The van der Waals surface area contributed by atoms with E-state index in [0.29, 0.717) is 37.6 Å². The number of aromatic nitrogens is 1. The van der Waals surface area contributed by atoms with Gasteiger partial charge in [0.1, 0.15) is 5.56 Å². The van der Waals surface area contributed by atoms with E-state index in [4.69, 9.17) is 4.74 Å². The Morgan fingerprint density at radius 2 is 2.24 bits per heavy atom. The molecule has 1 aromatic heterocycles. The number of piperazine rings is 1. The zero-order valence-electron chi connectivity index (χ0n) is 12.1. The van der Waals surface area contributed by atoms with Gasteiger partial charge in [-0.05, 0) is 19.1 Å². The minimum absolute atomic E-state index is 0.0401. The summed E-state index contributed by atoms with van der Waals surface area (Å²) in [6.45, 7) is 4.06. The van der Waals surface area contributed by atoms with Gasteiger partial charge in [-0.2, -0.15) is 0 Å². The fourth-order valence-electron chi connectivity index (χ4n) is 2.81. The van der Waals surface area contributed by atoms with Gasteiger partial charge in [0, 0.05) is 31.9 Å². The van der Waals surface area contributed by atoms with Gasteiger partial charge in [0.15, 0.2) is 0 Å². The molecule has 7 nitrogen and oxygen atoms in total. The first-order valence-corrected chi connectivity index (χ1v) is 6.95. The molecular formula is C14H18N4O3. The number of fused-ring (bicyclic) bond motifs is 1. The highest BCUT2D eigenvalue weighted by Crippen LogP contribution is 2.21. The number of urea groups is 1. The van der Waals surface area contributed by atoms with Gasteiger partial charge in [0.05, 0.1) is 13.2 Å². The highest BCUT2D eigenvalue weighted by molar-refractivity contribution is 5.96. The van der Waals surface area contributed by atoms with Crippen molar-refractivity contribution in [2.75, 3.05) is 33.3 Å². The van der Waals surface area contributed by atoms with Crippen LogP contribution in [0.4, 0.5) is 4.79 Å². The van der Waals surface area contributed by atoms with Gasteiger partial charge in [0.2, 0.25) is 5.88 Å². The summed E-state index contributed by atoms with van der Waals surface area (Å²) in [6, 6.07) is 3.56. The van der Waals surface area contributed by atoms with Gasteiger partial charge in [-0.3, -0.25) is 4.79 Å². The molecule has 112 valence electrons. The standard InChI is InChI=1S/C14H18N4O3/c1-9-3-4-11(12(16-9)21-2)13(19)17-5-6-18-10(8-17)7-15-14(18)20/h3-4,10H,5-8H2,1-2H3,(H,15,20). The van der Waals surface area contributed by atoms with E-state index in [9.17, 15) is 9.59 Å². The molecule has 21 heavy (non-hydrogen) atoms. The summed E-state index contributed by atoms with van der Waals surface area (Å²) in [7, 11) is 1.51. The van der Waals surface area contributed by atoms with Crippen LogP contribution in [0.15, 0.2) is 12.1 Å². The molecule has 0 aliphatic carbocycles. The number of carbonyl (C=O) groups excluding carboxylic acids is 2. The lowest BCUT2D eigenvalue weighted by Gasteiger charge is -2.36. The molecule has 2 fully saturated rings. The predicted octanol–water partition coefficient (Wildman–Crippen LogP) is 0.248.